The highest BCUT2D eigenvalue weighted by atomic mass is 16.2. The molecule has 0 atom stereocenters. The van der Waals surface area contributed by atoms with Gasteiger partial charge in [0.25, 0.3) is 11.8 Å². The molecule has 4 heteroatoms. The van der Waals surface area contributed by atoms with Gasteiger partial charge in [0.05, 0.1) is 23.1 Å². The van der Waals surface area contributed by atoms with Crippen LogP contribution >= 0.6 is 0 Å². The van der Waals surface area contributed by atoms with Gasteiger partial charge in [0.15, 0.2) is 5.71 Å². The fourth-order valence-electron chi connectivity index (χ4n) is 3.99. The topological polar surface area (TPSA) is 51.4 Å². The first-order chi connectivity index (χ1) is 12.4. The van der Waals surface area contributed by atoms with Gasteiger partial charge in [-0.25, -0.2) is 4.99 Å². The molecular weight excluding hydrogens is 324 g/mol. The van der Waals surface area contributed by atoms with Gasteiger partial charge >= 0.3 is 0 Å². The maximum Gasteiger partial charge on any atom is 0.261 e. The van der Waals surface area contributed by atoms with E-state index in [0.717, 1.165) is 24.1 Å². The number of rotatable bonds is 4. The molecule has 0 saturated heterocycles. The molecule has 2 amide bonds. The Bertz CT molecular complexity index is 921. The molecule has 1 N–H and O–H groups in total. The fourth-order valence-corrected chi connectivity index (χ4v) is 3.99. The molecule has 0 bridgehead atoms. The number of benzene rings is 2. The highest BCUT2D eigenvalue weighted by molar-refractivity contribution is 6.21. The number of amides is 2. The second-order valence-corrected chi connectivity index (χ2v) is 7.60. The van der Waals surface area contributed by atoms with Crippen LogP contribution < -0.4 is 4.99 Å². The Morgan fingerprint density at radius 2 is 1.65 bits per heavy atom. The minimum absolute atomic E-state index is 0.0522. The smallest absolute Gasteiger partial charge is 0.261 e. The van der Waals surface area contributed by atoms with Crippen molar-refractivity contribution in [3.8, 4) is 0 Å². The molecule has 0 spiro atoms. The molecule has 0 unspecified atom stereocenters. The number of hydrogen-bond acceptors (Lipinski definition) is 2. The van der Waals surface area contributed by atoms with Crippen LogP contribution in [0.25, 0.3) is 0 Å². The average Bonchev–Trinajstić information content (AvgIpc) is 3.02. The predicted molar refractivity (Wildman–Crippen MR) is 101 cm³/mol. The molecule has 132 valence electrons. The standard InChI is InChI=1S/C22H22N2O2/c1-4-7-19-22(2,3)17-12-14(10-11-18(17)23-19)13-24-20(25)15-8-5-6-9-16(15)21(24)26/h5-6,8-12H,4,7,13H2,1-3H3/p+1. The summed E-state index contributed by atoms with van der Waals surface area (Å²) < 4.78 is 0. The van der Waals surface area contributed by atoms with E-state index >= 15 is 0 Å². The lowest BCUT2D eigenvalue weighted by molar-refractivity contribution is -0.352. The molecule has 0 fully saturated rings. The Morgan fingerprint density at radius 3 is 2.27 bits per heavy atom. The zero-order valence-corrected chi connectivity index (χ0v) is 15.4. The number of hydrogen-bond donors (Lipinski definition) is 1. The van der Waals surface area contributed by atoms with Crippen LogP contribution in [0.15, 0.2) is 42.5 Å². The average molecular weight is 347 g/mol. The molecule has 0 aromatic heterocycles. The second-order valence-electron chi connectivity index (χ2n) is 7.60. The SMILES string of the molecule is CCCC1=[NH+]c2ccc(CN3C(=O)c4ccccc4C3=O)cc2C1(C)C. The molecular formula is C22H23N2O2+. The second kappa shape index (κ2) is 5.90. The largest absolute Gasteiger partial charge is 0.270 e. The molecule has 4 nitrogen and oxygen atoms in total. The minimum atomic E-state index is -0.207. The summed E-state index contributed by atoms with van der Waals surface area (Å²) in [5, 5.41) is 0. The van der Waals surface area contributed by atoms with Gasteiger partial charge in [0.1, 0.15) is 0 Å². The summed E-state index contributed by atoms with van der Waals surface area (Å²) in [4.78, 5) is 30.1. The van der Waals surface area contributed by atoms with Crippen LogP contribution in [0, 0.1) is 0 Å². The molecule has 0 aliphatic carbocycles. The Morgan fingerprint density at radius 1 is 1.00 bits per heavy atom. The Hall–Kier alpha value is -2.75. The van der Waals surface area contributed by atoms with Crippen molar-refractivity contribution < 1.29 is 14.6 Å². The summed E-state index contributed by atoms with van der Waals surface area (Å²) in [5.41, 5.74) is 5.61. The van der Waals surface area contributed by atoms with Crippen molar-refractivity contribution in [2.75, 3.05) is 0 Å². The van der Waals surface area contributed by atoms with E-state index in [1.807, 2.05) is 6.07 Å². The normalized spacial score (nSPS) is 17.3. The molecule has 26 heavy (non-hydrogen) atoms. The van der Waals surface area contributed by atoms with Crippen LogP contribution in [-0.2, 0) is 12.0 Å². The van der Waals surface area contributed by atoms with E-state index in [2.05, 4.69) is 37.9 Å². The molecule has 4 rings (SSSR count). The zero-order chi connectivity index (χ0) is 18.5. The molecule has 0 radical (unpaired) electrons. The Labute approximate surface area is 153 Å². The highest BCUT2D eigenvalue weighted by Crippen LogP contribution is 2.34. The minimum Gasteiger partial charge on any atom is -0.270 e. The zero-order valence-electron chi connectivity index (χ0n) is 15.4. The van der Waals surface area contributed by atoms with Crippen LogP contribution in [0.2, 0.25) is 0 Å². The molecule has 2 aliphatic heterocycles. The summed E-state index contributed by atoms with van der Waals surface area (Å²) in [6, 6.07) is 13.2. The van der Waals surface area contributed by atoms with Gasteiger partial charge in [-0.05, 0) is 44.0 Å². The van der Waals surface area contributed by atoms with E-state index in [0.29, 0.717) is 17.7 Å². The van der Waals surface area contributed by atoms with Crippen LogP contribution in [0.5, 0.6) is 0 Å². The van der Waals surface area contributed by atoms with Crippen LogP contribution in [0.1, 0.15) is 65.5 Å². The predicted octanol–water partition coefficient (Wildman–Crippen LogP) is 2.73. The third-order valence-electron chi connectivity index (χ3n) is 5.52. The van der Waals surface area contributed by atoms with Crippen molar-refractivity contribution in [2.45, 2.75) is 45.6 Å². The Kier molecular flexibility index (Phi) is 3.79. The van der Waals surface area contributed by atoms with Crippen molar-refractivity contribution in [3.05, 3.63) is 64.7 Å². The van der Waals surface area contributed by atoms with Crippen LogP contribution in [0.3, 0.4) is 0 Å². The van der Waals surface area contributed by atoms with Crippen molar-refractivity contribution in [2.24, 2.45) is 0 Å². The van der Waals surface area contributed by atoms with Crippen molar-refractivity contribution in [1.82, 2.24) is 4.90 Å². The number of fused-ring (bicyclic) bond motifs is 2. The van der Waals surface area contributed by atoms with Gasteiger partial charge in [0.2, 0.25) is 5.69 Å². The number of imide groups is 1. The Balaban J connectivity index is 1.63. The quantitative estimate of drug-likeness (QED) is 0.865. The van der Waals surface area contributed by atoms with E-state index in [1.54, 1.807) is 24.3 Å². The molecule has 2 heterocycles. The van der Waals surface area contributed by atoms with E-state index in [9.17, 15) is 9.59 Å². The summed E-state index contributed by atoms with van der Waals surface area (Å²) in [5.74, 6) is -0.413. The van der Waals surface area contributed by atoms with Gasteiger partial charge in [-0.3, -0.25) is 14.5 Å². The monoisotopic (exact) mass is 347 g/mol. The summed E-state index contributed by atoms with van der Waals surface area (Å²) in [6.07, 6.45) is 2.14. The first kappa shape index (κ1) is 16.7. The van der Waals surface area contributed by atoms with Gasteiger partial charge in [-0.15, -0.1) is 0 Å². The maximum absolute atomic E-state index is 12.6. The van der Waals surface area contributed by atoms with E-state index in [4.69, 9.17) is 0 Å². The molecule has 2 aromatic rings. The van der Waals surface area contributed by atoms with E-state index < -0.39 is 0 Å². The lowest BCUT2D eigenvalue weighted by atomic mass is 9.79. The van der Waals surface area contributed by atoms with Gasteiger partial charge in [-0.2, -0.15) is 0 Å². The van der Waals surface area contributed by atoms with Gasteiger partial charge < -0.3 is 0 Å². The van der Waals surface area contributed by atoms with Gasteiger partial charge in [0, 0.05) is 18.1 Å². The van der Waals surface area contributed by atoms with E-state index in [1.165, 1.54) is 16.2 Å². The van der Waals surface area contributed by atoms with Crippen molar-refractivity contribution in [3.63, 3.8) is 0 Å². The number of nitrogens with zero attached hydrogens (tertiary/aromatic N) is 1. The first-order valence-electron chi connectivity index (χ1n) is 9.15. The number of nitrogens with one attached hydrogen (secondary N) is 1. The van der Waals surface area contributed by atoms with E-state index in [-0.39, 0.29) is 17.2 Å². The first-order valence-corrected chi connectivity index (χ1v) is 9.15. The molecule has 2 aromatic carbocycles. The summed E-state index contributed by atoms with van der Waals surface area (Å²) in [6.45, 7) is 6.94. The van der Waals surface area contributed by atoms with Gasteiger partial charge in [-0.1, -0.05) is 25.1 Å². The van der Waals surface area contributed by atoms with Crippen LogP contribution in [-0.4, -0.2) is 22.4 Å². The molecule has 0 saturated carbocycles. The summed E-state index contributed by atoms with van der Waals surface area (Å²) >= 11 is 0. The fraction of sp³-hybridized carbons (Fsp3) is 0.318. The van der Waals surface area contributed by atoms with Crippen molar-refractivity contribution >= 4 is 23.2 Å². The maximum atomic E-state index is 12.6. The van der Waals surface area contributed by atoms with Crippen LogP contribution in [0.4, 0.5) is 5.69 Å². The third kappa shape index (κ3) is 2.40. The molecule has 2 aliphatic rings. The van der Waals surface area contributed by atoms with Crippen molar-refractivity contribution in [1.29, 1.82) is 0 Å². The number of carbonyl (C=O) groups excluding carboxylic acids is 2. The number of carbonyl (C=O) groups is 2. The lowest BCUT2D eigenvalue weighted by Gasteiger charge is -2.19. The summed E-state index contributed by atoms with van der Waals surface area (Å²) in [7, 11) is 0. The highest BCUT2D eigenvalue weighted by Gasteiger charge is 2.41. The lowest BCUT2D eigenvalue weighted by Crippen LogP contribution is -2.65. The third-order valence-corrected chi connectivity index (χ3v) is 5.52.